The Morgan fingerprint density at radius 1 is 1.14 bits per heavy atom. The largest absolute Gasteiger partial charge is 0.393 e. The van der Waals surface area contributed by atoms with Crippen molar-refractivity contribution in [3.63, 3.8) is 0 Å². The number of fused-ring (bicyclic) bond motifs is 1. The molecule has 1 aromatic heterocycles. The summed E-state index contributed by atoms with van der Waals surface area (Å²) in [6, 6.07) is 6.68. The van der Waals surface area contributed by atoms with Gasteiger partial charge in [0.25, 0.3) is 0 Å². The van der Waals surface area contributed by atoms with Gasteiger partial charge in [0.05, 0.1) is 19.7 Å². The summed E-state index contributed by atoms with van der Waals surface area (Å²) >= 11 is 3.50. The van der Waals surface area contributed by atoms with E-state index in [1.807, 2.05) is 40.8 Å². The molecule has 1 aromatic carbocycles. The number of alkyl halides is 3. The van der Waals surface area contributed by atoms with Crippen LogP contribution in [0.5, 0.6) is 0 Å². The summed E-state index contributed by atoms with van der Waals surface area (Å²) in [6.07, 6.45) is -0.691. The Morgan fingerprint density at radius 3 is 2.54 bits per heavy atom. The van der Waals surface area contributed by atoms with Crippen molar-refractivity contribution in [1.29, 1.82) is 0 Å². The molecule has 3 heterocycles. The second-order valence-electron chi connectivity index (χ2n) is 7.63. The van der Waals surface area contributed by atoms with Gasteiger partial charge in [0, 0.05) is 38.4 Å². The first kappa shape index (κ1) is 20.7. The van der Waals surface area contributed by atoms with Gasteiger partial charge in [0.2, 0.25) is 0 Å². The van der Waals surface area contributed by atoms with Crippen molar-refractivity contribution >= 4 is 49.7 Å². The zero-order valence-corrected chi connectivity index (χ0v) is 18.5. The highest BCUT2D eigenvalue weighted by molar-refractivity contribution is 14.1. The molecule has 0 bridgehead atoms. The number of thiophene rings is 1. The van der Waals surface area contributed by atoms with Crippen LogP contribution in [-0.4, -0.2) is 49.5 Å². The average molecular weight is 524 g/mol. The fraction of sp³-hybridized carbons (Fsp3) is 0.600. The lowest BCUT2D eigenvalue weighted by atomic mass is 9.99. The molecule has 0 atom stereocenters. The Hall–Kier alpha value is -0.580. The normalized spacial score (nSPS) is 20.7. The van der Waals surface area contributed by atoms with Crippen molar-refractivity contribution in [2.75, 3.05) is 31.6 Å². The standard InChI is InChI=1S/C20H24F3IN2OS/c21-20(22,23)12-16-15-2-1-3-17(18(15)28-19(16)24)25-13-4-8-26(9-5-13)14-6-10-27-11-7-14/h1-3,13-14,25H,4-12H2. The summed E-state index contributed by atoms with van der Waals surface area (Å²) in [6.45, 7) is 3.86. The van der Waals surface area contributed by atoms with Crippen LogP contribution >= 0.6 is 33.9 Å². The summed E-state index contributed by atoms with van der Waals surface area (Å²) in [5, 5.41) is 4.36. The number of rotatable bonds is 4. The summed E-state index contributed by atoms with van der Waals surface area (Å²) < 4.78 is 46.0. The number of benzene rings is 1. The van der Waals surface area contributed by atoms with Crippen molar-refractivity contribution in [2.45, 2.75) is 50.4 Å². The Bertz CT molecular complexity index is 812. The Kier molecular flexibility index (Phi) is 6.39. The topological polar surface area (TPSA) is 24.5 Å². The van der Waals surface area contributed by atoms with Crippen LogP contribution in [0, 0.1) is 2.88 Å². The number of anilines is 1. The predicted molar refractivity (Wildman–Crippen MR) is 116 cm³/mol. The van der Waals surface area contributed by atoms with Crippen LogP contribution in [0.25, 0.3) is 10.1 Å². The minimum absolute atomic E-state index is 0.368. The summed E-state index contributed by atoms with van der Waals surface area (Å²) in [5.41, 5.74) is 1.38. The van der Waals surface area contributed by atoms with Gasteiger partial charge in [-0.2, -0.15) is 13.2 Å². The molecule has 2 fully saturated rings. The molecule has 4 rings (SSSR count). The van der Waals surface area contributed by atoms with Crippen LogP contribution in [0.4, 0.5) is 18.9 Å². The maximum Gasteiger partial charge on any atom is 0.393 e. The molecular formula is C20H24F3IN2OS. The van der Waals surface area contributed by atoms with E-state index in [0.717, 1.165) is 70.6 Å². The highest BCUT2D eigenvalue weighted by atomic mass is 127. The summed E-state index contributed by atoms with van der Waals surface area (Å²) in [4.78, 5) is 2.58. The van der Waals surface area contributed by atoms with Gasteiger partial charge in [-0.05, 0) is 65.3 Å². The van der Waals surface area contributed by atoms with Crippen LogP contribution in [0.3, 0.4) is 0 Å². The van der Waals surface area contributed by atoms with E-state index < -0.39 is 12.6 Å². The molecule has 28 heavy (non-hydrogen) atoms. The Morgan fingerprint density at radius 2 is 1.86 bits per heavy atom. The van der Waals surface area contributed by atoms with Gasteiger partial charge in [-0.25, -0.2) is 0 Å². The van der Waals surface area contributed by atoms with E-state index in [9.17, 15) is 13.2 Å². The number of hydrogen-bond acceptors (Lipinski definition) is 4. The third kappa shape index (κ3) is 4.76. The van der Waals surface area contributed by atoms with Crippen LogP contribution in [0.1, 0.15) is 31.2 Å². The highest BCUT2D eigenvalue weighted by Gasteiger charge is 2.31. The monoisotopic (exact) mass is 524 g/mol. The molecule has 2 aliphatic rings. The molecule has 0 radical (unpaired) electrons. The van der Waals surface area contributed by atoms with Crippen LogP contribution < -0.4 is 5.32 Å². The lowest BCUT2D eigenvalue weighted by Crippen LogP contribution is -2.46. The molecule has 0 amide bonds. The van der Waals surface area contributed by atoms with Crippen molar-refractivity contribution in [1.82, 2.24) is 4.90 Å². The van der Waals surface area contributed by atoms with Crippen LogP contribution in [0.2, 0.25) is 0 Å². The fourth-order valence-corrected chi connectivity index (χ4v) is 6.46. The maximum atomic E-state index is 13.0. The van der Waals surface area contributed by atoms with Gasteiger partial charge in [-0.1, -0.05) is 12.1 Å². The maximum absolute atomic E-state index is 13.0. The predicted octanol–water partition coefficient (Wildman–Crippen LogP) is 5.67. The molecular weight excluding hydrogens is 500 g/mol. The number of nitrogens with one attached hydrogen (secondary N) is 1. The van der Waals surface area contributed by atoms with Crippen molar-refractivity contribution in [3.8, 4) is 0 Å². The number of hydrogen-bond donors (Lipinski definition) is 1. The highest BCUT2D eigenvalue weighted by Crippen LogP contribution is 2.40. The van der Waals surface area contributed by atoms with E-state index in [-0.39, 0.29) is 0 Å². The minimum Gasteiger partial charge on any atom is -0.381 e. The van der Waals surface area contributed by atoms with E-state index in [1.165, 1.54) is 11.3 Å². The van der Waals surface area contributed by atoms with Gasteiger partial charge in [-0.15, -0.1) is 11.3 Å². The first-order valence-corrected chi connectivity index (χ1v) is 11.7. The molecule has 0 saturated carbocycles. The fourth-order valence-electron chi connectivity index (χ4n) is 4.30. The van der Waals surface area contributed by atoms with E-state index >= 15 is 0 Å². The number of piperidine rings is 1. The van der Waals surface area contributed by atoms with Gasteiger partial charge >= 0.3 is 6.18 Å². The average Bonchev–Trinajstić information content (AvgIpc) is 2.98. The van der Waals surface area contributed by atoms with Crippen molar-refractivity contribution in [2.24, 2.45) is 0 Å². The molecule has 2 aliphatic heterocycles. The zero-order chi connectivity index (χ0) is 19.7. The first-order valence-electron chi connectivity index (χ1n) is 9.75. The Balaban J connectivity index is 1.45. The lowest BCUT2D eigenvalue weighted by molar-refractivity contribution is -0.127. The van der Waals surface area contributed by atoms with E-state index in [4.69, 9.17) is 4.74 Å². The van der Waals surface area contributed by atoms with Crippen LogP contribution in [-0.2, 0) is 11.2 Å². The van der Waals surface area contributed by atoms with Gasteiger partial charge in [-0.3, -0.25) is 0 Å². The van der Waals surface area contributed by atoms with Crippen LogP contribution in [0.15, 0.2) is 18.2 Å². The molecule has 0 unspecified atom stereocenters. The van der Waals surface area contributed by atoms with E-state index in [2.05, 4.69) is 10.2 Å². The summed E-state index contributed by atoms with van der Waals surface area (Å²) in [5.74, 6) is 0. The molecule has 0 spiro atoms. The lowest BCUT2D eigenvalue weighted by Gasteiger charge is -2.39. The first-order chi connectivity index (χ1) is 13.4. The third-order valence-electron chi connectivity index (χ3n) is 5.74. The minimum atomic E-state index is -4.19. The summed E-state index contributed by atoms with van der Waals surface area (Å²) in [7, 11) is 0. The number of ether oxygens (including phenoxy) is 1. The van der Waals surface area contributed by atoms with E-state index in [1.54, 1.807) is 0 Å². The number of nitrogens with zero attached hydrogens (tertiary/aromatic N) is 1. The Labute approximate surface area is 180 Å². The smallest absolute Gasteiger partial charge is 0.381 e. The van der Waals surface area contributed by atoms with Gasteiger partial charge in [0.1, 0.15) is 0 Å². The van der Waals surface area contributed by atoms with E-state index in [0.29, 0.717) is 17.6 Å². The zero-order valence-electron chi connectivity index (χ0n) is 15.5. The quantitative estimate of drug-likeness (QED) is 0.523. The second kappa shape index (κ2) is 8.65. The molecule has 154 valence electrons. The number of likely N-dealkylation sites (tertiary alicyclic amines) is 1. The molecule has 0 aliphatic carbocycles. The van der Waals surface area contributed by atoms with Gasteiger partial charge < -0.3 is 15.0 Å². The van der Waals surface area contributed by atoms with Crippen molar-refractivity contribution in [3.05, 3.63) is 26.6 Å². The number of halogens is 4. The van der Waals surface area contributed by atoms with Crippen molar-refractivity contribution < 1.29 is 17.9 Å². The second-order valence-corrected chi connectivity index (χ2v) is 10.5. The molecule has 3 nitrogen and oxygen atoms in total. The molecule has 1 N–H and O–H groups in total. The molecule has 8 heteroatoms. The third-order valence-corrected chi connectivity index (χ3v) is 8.12. The molecule has 2 aromatic rings. The van der Waals surface area contributed by atoms with Gasteiger partial charge in [0.15, 0.2) is 0 Å². The molecule has 2 saturated heterocycles. The SMILES string of the molecule is FC(F)(F)Cc1c(I)sc2c(NC3CCN(C4CCOCC4)CC3)cccc12.